The van der Waals surface area contributed by atoms with Gasteiger partial charge in [0, 0.05) is 23.7 Å². The predicted octanol–water partition coefficient (Wildman–Crippen LogP) is 2.55. The van der Waals surface area contributed by atoms with Gasteiger partial charge in [-0.05, 0) is 44.5 Å². The number of hydrogen-bond acceptors (Lipinski definition) is 4. The highest BCUT2D eigenvalue weighted by Gasteiger charge is 2.19. The first-order valence-corrected chi connectivity index (χ1v) is 10.5. The lowest BCUT2D eigenvalue weighted by Gasteiger charge is -2.11. The van der Waals surface area contributed by atoms with Crippen LogP contribution in [0.25, 0.3) is 16.7 Å². The molecule has 9 heteroatoms. The number of aryl methyl sites for hydroxylation is 1. The molecule has 0 aliphatic carbocycles. The third kappa shape index (κ3) is 3.70. The van der Waals surface area contributed by atoms with Gasteiger partial charge in [0.25, 0.3) is 11.5 Å². The summed E-state index contributed by atoms with van der Waals surface area (Å²) in [5.41, 5.74) is 0.115. The summed E-state index contributed by atoms with van der Waals surface area (Å²) in [6.07, 6.45) is 0.657. The SMILES string of the molecule is CCCn1c(=O)c2ccc(C(=O)NC(C)C)cc2n2c(=O)n(Cc3ccccc3F)nc12. The van der Waals surface area contributed by atoms with Gasteiger partial charge in [0.15, 0.2) is 0 Å². The molecule has 4 aromatic rings. The van der Waals surface area contributed by atoms with Crippen molar-refractivity contribution in [1.29, 1.82) is 0 Å². The third-order valence-electron chi connectivity index (χ3n) is 5.18. The van der Waals surface area contributed by atoms with Crippen LogP contribution in [0.1, 0.15) is 43.1 Å². The number of halogens is 1. The molecule has 0 saturated heterocycles. The number of aromatic nitrogens is 4. The molecule has 0 radical (unpaired) electrons. The van der Waals surface area contributed by atoms with Crippen LogP contribution in [0.4, 0.5) is 4.39 Å². The second-order valence-corrected chi connectivity index (χ2v) is 7.98. The molecule has 0 spiro atoms. The molecule has 2 aromatic heterocycles. The van der Waals surface area contributed by atoms with Crippen molar-refractivity contribution in [2.24, 2.45) is 0 Å². The molecule has 2 aromatic carbocycles. The average molecular weight is 437 g/mol. The highest BCUT2D eigenvalue weighted by Crippen LogP contribution is 2.15. The Kier molecular flexibility index (Phi) is 5.65. The molecule has 0 aliphatic rings. The van der Waals surface area contributed by atoms with Crippen LogP contribution in [0.5, 0.6) is 0 Å². The maximum atomic E-state index is 14.2. The summed E-state index contributed by atoms with van der Waals surface area (Å²) in [6.45, 7) is 5.89. The molecule has 32 heavy (non-hydrogen) atoms. The lowest BCUT2D eigenvalue weighted by molar-refractivity contribution is 0.0943. The quantitative estimate of drug-likeness (QED) is 0.502. The number of rotatable bonds is 6. The van der Waals surface area contributed by atoms with Crippen molar-refractivity contribution < 1.29 is 9.18 Å². The first kappa shape index (κ1) is 21.5. The number of amides is 1. The molecule has 0 bridgehead atoms. The second kappa shape index (κ2) is 8.41. The molecule has 8 nitrogen and oxygen atoms in total. The van der Waals surface area contributed by atoms with Crippen LogP contribution in [0.15, 0.2) is 52.1 Å². The number of carbonyl (C=O) groups excluding carboxylic acids is 1. The van der Waals surface area contributed by atoms with Gasteiger partial charge in [0.05, 0.1) is 17.4 Å². The van der Waals surface area contributed by atoms with Gasteiger partial charge in [-0.3, -0.25) is 14.2 Å². The fraction of sp³-hybridized carbons (Fsp3) is 0.304. The Labute approximate surface area is 182 Å². The van der Waals surface area contributed by atoms with Crippen molar-refractivity contribution in [3.8, 4) is 0 Å². The van der Waals surface area contributed by atoms with Crippen molar-refractivity contribution in [3.05, 3.63) is 80.2 Å². The zero-order valence-corrected chi connectivity index (χ0v) is 18.1. The van der Waals surface area contributed by atoms with E-state index in [1.165, 1.54) is 21.1 Å². The van der Waals surface area contributed by atoms with E-state index in [9.17, 15) is 18.8 Å². The topological polar surface area (TPSA) is 90.4 Å². The zero-order chi connectivity index (χ0) is 23.0. The van der Waals surface area contributed by atoms with Gasteiger partial charge in [-0.25, -0.2) is 18.3 Å². The van der Waals surface area contributed by atoms with Crippen molar-refractivity contribution in [3.63, 3.8) is 0 Å². The summed E-state index contributed by atoms with van der Waals surface area (Å²) in [7, 11) is 0. The van der Waals surface area contributed by atoms with Gasteiger partial charge in [-0.15, -0.1) is 5.10 Å². The molecule has 0 unspecified atom stereocenters. The summed E-state index contributed by atoms with van der Waals surface area (Å²) in [5, 5.41) is 7.47. The van der Waals surface area contributed by atoms with Crippen LogP contribution in [0, 0.1) is 5.82 Å². The summed E-state index contributed by atoms with van der Waals surface area (Å²) >= 11 is 0. The van der Waals surface area contributed by atoms with E-state index in [-0.39, 0.29) is 29.8 Å². The van der Waals surface area contributed by atoms with Crippen LogP contribution >= 0.6 is 0 Å². The lowest BCUT2D eigenvalue weighted by Crippen LogP contribution is -2.30. The molecule has 0 aliphatic heterocycles. The van der Waals surface area contributed by atoms with E-state index >= 15 is 0 Å². The molecular weight excluding hydrogens is 413 g/mol. The molecule has 2 heterocycles. The smallest absolute Gasteiger partial charge is 0.350 e. The Bertz CT molecular complexity index is 1450. The van der Waals surface area contributed by atoms with Gasteiger partial charge < -0.3 is 5.32 Å². The molecule has 0 atom stereocenters. The fourth-order valence-electron chi connectivity index (χ4n) is 3.72. The number of fused-ring (bicyclic) bond motifs is 3. The summed E-state index contributed by atoms with van der Waals surface area (Å²) in [4.78, 5) is 39.0. The Balaban J connectivity index is 1.99. The van der Waals surface area contributed by atoms with Gasteiger partial charge >= 0.3 is 5.69 Å². The number of nitrogens with one attached hydrogen (secondary N) is 1. The third-order valence-corrected chi connectivity index (χ3v) is 5.18. The number of nitrogens with zero attached hydrogens (tertiary/aromatic N) is 4. The molecule has 1 amide bonds. The van der Waals surface area contributed by atoms with Gasteiger partial charge in [0.2, 0.25) is 5.78 Å². The molecule has 4 rings (SSSR count). The summed E-state index contributed by atoms with van der Waals surface area (Å²) < 4.78 is 18.1. The summed E-state index contributed by atoms with van der Waals surface area (Å²) in [6, 6.07) is 10.7. The van der Waals surface area contributed by atoms with E-state index in [0.29, 0.717) is 35.0 Å². The monoisotopic (exact) mass is 437 g/mol. The van der Waals surface area contributed by atoms with Crippen LogP contribution < -0.4 is 16.6 Å². The van der Waals surface area contributed by atoms with Crippen LogP contribution in [0.3, 0.4) is 0 Å². The summed E-state index contributed by atoms with van der Waals surface area (Å²) in [5.74, 6) is -0.591. The standard InChI is InChI=1S/C23H24FN5O3/c1-4-11-27-21(31)17-10-9-15(20(30)25-14(2)3)12-19(17)29-22(27)26-28(23(29)32)13-16-7-5-6-8-18(16)24/h5-10,12,14H,4,11,13H2,1-3H3,(H,25,30). The minimum absolute atomic E-state index is 0.0676. The van der Waals surface area contributed by atoms with Gasteiger partial charge in [0.1, 0.15) is 5.82 Å². The minimum Gasteiger partial charge on any atom is -0.350 e. The molecule has 1 N–H and O–H groups in total. The fourth-order valence-corrected chi connectivity index (χ4v) is 3.72. The Hall–Kier alpha value is -3.75. The molecule has 0 saturated carbocycles. The molecular formula is C23H24FN5O3. The van der Waals surface area contributed by atoms with E-state index in [1.807, 2.05) is 20.8 Å². The Morgan fingerprint density at radius 3 is 2.59 bits per heavy atom. The Morgan fingerprint density at radius 2 is 1.91 bits per heavy atom. The van der Waals surface area contributed by atoms with E-state index in [2.05, 4.69) is 10.4 Å². The zero-order valence-electron chi connectivity index (χ0n) is 18.1. The maximum Gasteiger partial charge on any atom is 0.352 e. The van der Waals surface area contributed by atoms with Crippen molar-refractivity contribution in [1.82, 2.24) is 24.1 Å². The van der Waals surface area contributed by atoms with Crippen molar-refractivity contribution in [2.45, 2.75) is 46.3 Å². The van der Waals surface area contributed by atoms with Crippen molar-refractivity contribution in [2.75, 3.05) is 0 Å². The number of benzene rings is 2. The van der Waals surface area contributed by atoms with E-state index < -0.39 is 11.5 Å². The highest BCUT2D eigenvalue weighted by molar-refractivity contribution is 5.98. The van der Waals surface area contributed by atoms with Crippen LogP contribution in [-0.4, -0.2) is 30.7 Å². The largest absolute Gasteiger partial charge is 0.352 e. The normalized spacial score (nSPS) is 11.5. The molecule has 166 valence electrons. The number of hydrogen-bond donors (Lipinski definition) is 1. The van der Waals surface area contributed by atoms with Gasteiger partial charge in [-0.1, -0.05) is 25.1 Å². The van der Waals surface area contributed by atoms with E-state index in [1.54, 1.807) is 30.3 Å². The molecule has 0 fully saturated rings. The minimum atomic E-state index is -0.514. The van der Waals surface area contributed by atoms with Gasteiger partial charge in [-0.2, -0.15) is 0 Å². The van der Waals surface area contributed by atoms with E-state index in [4.69, 9.17) is 0 Å². The van der Waals surface area contributed by atoms with Crippen LogP contribution in [0.2, 0.25) is 0 Å². The first-order chi connectivity index (χ1) is 15.3. The lowest BCUT2D eigenvalue weighted by atomic mass is 10.1. The van der Waals surface area contributed by atoms with Crippen molar-refractivity contribution >= 4 is 22.6 Å². The van der Waals surface area contributed by atoms with E-state index in [0.717, 1.165) is 4.68 Å². The average Bonchev–Trinajstić information content (AvgIpc) is 3.08. The van der Waals surface area contributed by atoms with Crippen LogP contribution in [-0.2, 0) is 13.1 Å². The maximum absolute atomic E-state index is 14.2. The highest BCUT2D eigenvalue weighted by atomic mass is 19.1. The predicted molar refractivity (Wildman–Crippen MR) is 120 cm³/mol. The first-order valence-electron chi connectivity index (χ1n) is 10.5. The number of carbonyl (C=O) groups is 1. The second-order valence-electron chi connectivity index (χ2n) is 7.98. The Morgan fingerprint density at radius 1 is 1.16 bits per heavy atom.